The van der Waals surface area contributed by atoms with Crippen LogP contribution >= 0.6 is 0 Å². The number of rotatable bonds is 1. The van der Waals surface area contributed by atoms with E-state index in [1.807, 2.05) is 0 Å². The molecule has 56 valence electrons. The maximum Gasteiger partial charge on any atom is 0.146 e. The van der Waals surface area contributed by atoms with Crippen LogP contribution in [0.3, 0.4) is 0 Å². The van der Waals surface area contributed by atoms with Crippen molar-refractivity contribution in [2.24, 2.45) is 17.8 Å². The molecular formula is C8H13NO. The van der Waals surface area contributed by atoms with Crippen LogP contribution in [0.15, 0.2) is 0 Å². The van der Waals surface area contributed by atoms with E-state index in [9.17, 15) is 4.79 Å². The van der Waals surface area contributed by atoms with E-state index in [0.717, 1.165) is 18.4 Å². The molecule has 0 radical (unpaired) electrons. The van der Waals surface area contributed by atoms with E-state index in [2.05, 4.69) is 12.2 Å². The lowest BCUT2D eigenvalue weighted by molar-refractivity contribution is -0.119. The predicted octanol–water partition coefficient (Wildman–Crippen LogP) is 0.429. The molecule has 0 bridgehead atoms. The summed E-state index contributed by atoms with van der Waals surface area (Å²) in [6.07, 6.45) is 0. The second kappa shape index (κ2) is 1.82. The number of carbonyl (C=O) groups excluding carboxylic acids is 1. The number of hydrogen-bond donors (Lipinski definition) is 1. The highest BCUT2D eigenvalue weighted by Gasteiger charge is 2.56. The van der Waals surface area contributed by atoms with E-state index >= 15 is 0 Å². The van der Waals surface area contributed by atoms with Gasteiger partial charge in [0.1, 0.15) is 5.78 Å². The SMILES string of the molecule is CC(=O)C1NCC2C(C)C12. The molecule has 0 spiro atoms. The molecule has 2 aliphatic rings. The van der Waals surface area contributed by atoms with Gasteiger partial charge in [-0.15, -0.1) is 0 Å². The topological polar surface area (TPSA) is 29.1 Å². The van der Waals surface area contributed by atoms with Crippen LogP contribution in [-0.2, 0) is 4.79 Å². The Morgan fingerprint density at radius 1 is 1.60 bits per heavy atom. The summed E-state index contributed by atoms with van der Waals surface area (Å²) in [5.41, 5.74) is 0. The van der Waals surface area contributed by atoms with Crippen molar-refractivity contribution in [1.82, 2.24) is 5.32 Å². The number of fused-ring (bicyclic) bond motifs is 1. The van der Waals surface area contributed by atoms with Gasteiger partial charge in [0.15, 0.2) is 0 Å². The van der Waals surface area contributed by atoms with Gasteiger partial charge < -0.3 is 5.32 Å². The molecule has 0 aromatic carbocycles. The predicted molar refractivity (Wildman–Crippen MR) is 38.6 cm³/mol. The van der Waals surface area contributed by atoms with Crippen molar-refractivity contribution in [2.75, 3.05) is 6.54 Å². The van der Waals surface area contributed by atoms with Gasteiger partial charge in [0.25, 0.3) is 0 Å². The summed E-state index contributed by atoms with van der Waals surface area (Å²) in [4.78, 5) is 11.0. The molecule has 0 amide bonds. The average Bonchev–Trinajstić information content (AvgIpc) is 2.42. The van der Waals surface area contributed by atoms with E-state index < -0.39 is 0 Å². The molecule has 2 heteroatoms. The molecule has 10 heavy (non-hydrogen) atoms. The molecule has 1 saturated heterocycles. The Labute approximate surface area is 61.0 Å². The van der Waals surface area contributed by atoms with Crippen molar-refractivity contribution in [3.63, 3.8) is 0 Å². The molecule has 1 saturated carbocycles. The molecule has 4 atom stereocenters. The zero-order valence-corrected chi connectivity index (χ0v) is 6.42. The summed E-state index contributed by atoms with van der Waals surface area (Å²) >= 11 is 0. The zero-order chi connectivity index (χ0) is 7.30. The molecule has 0 aromatic heterocycles. The van der Waals surface area contributed by atoms with Crippen molar-refractivity contribution in [1.29, 1.82) is 0 Å². The summed E-state index contributed by atoms with van der Waals surface area (Å²) in [7, 11) is 0. The fraction of sp³-hybridized carbons (Fsp3) is 0.875. The quantitative estimate of drug-likeness (QED) is 0.570. The molecule has 0 aromatic rings. The number of carbonyl (C=O) groups is 1. The molecule has 4 unspecified atom stereocenters. The number of nitrogens with one attached hydrogen (secondary N) is 1. The lowest BCUT2D eigenvalue weighted by Gasteiger charge is -2.09. The van der Waals surface area contributed by atoms with Crippen molar-refractivity contribution in [2.45, 2.75) is 19.9 Å². The van der Waals surface area contributed by atoms with Crippen molar-refractivity contribution >= 4 is 5.78 Å². The van der Waals surface area contributed by atoms with Gasteiger partial charge in [0.2, 0.25) is 0 Å². The van der Waals surface area contributed by atoms with E-state index in [1.165, 1.54) is 0 Å². The highest BCUT2D eigenvalue weighted by molar-refractivity contribution is 5.82. The Morgan fingerprint density at radius 3 is 2.60 bits per heavy atom. The van der Waals surface area contributed by atoms with E-state index in [0.29, 0.717) is 11.7 Å². The summed E-state index contributed by atoms with van der Waals surface area (Å²) in [6.45, 7) is 4.99. The second-order valence-corrected chi connectivity index (χ2v) is 3.60. The molecule has 1 aliphatic heterocycles. The van der Waals surface area contributed by atoms with Gasteiger partial charge in [-0.1, -0.05) is 6.92 Å². The molecule has 2 fully saturated rings. The number of piperidine rings is 1. The fourth-order valence-electron chi connectivity index (χ4n) is 2.27. The van der Waals surface area contributed by atoms with Crippen LogP contribution in [0.5, 0.6) is 0 Å². The minimum atomic E-state index is 0.194. The van der Waals surface area contributed by atoms with Crippen LogP contribution in [-0.4, -0.2) is 18.4 Å². The average molecular weight is 139 g/mol. The van der Waals surface area contributed by atoms with Crippen LogP contribution in [0.25, 0.3) is 0 Å². The van der Waals surface area contributed by atoms with Crippen molar-refractivity contribution in [3.05, 3.63) is 0 Å². The third-order valence-electron chi connectivity index (χ3n) is 3.03. The Hall–Kier alpha value is -0.370. The largest absolute Gasteiger partial charge is 0.307 e. The summed E-state index contributed by atoms with van der Waals surface area (Å²) in [5.74, 6) is 2.61. The Kier molecular flexibility index (Phi) is 1.15. The van der Waals surface area contributed by atoms with Gasteiger partial charge in [-0.05, 0) is 31.2 Å². The maximum atomic E-state index is 11.0. The first-order valence-corrected chi connectivity index (χ1v) is 3.95. The van der Waals surface area contributed by atoms with E-state index in [-0.39, 0.29) is 6.04 Å². The summed E-state index contributed by atoms with van der Waals surface area (Å²) in [6, 6.07) is 0.194. The normalized spacial score (nSPS) is 50.6. The molecule has 1 N–H and O–H groups in total. The van der Waals surface area contributed by atoms with Crippen LogP contribution in [0.2, 0.25) is 0 Å². The molecule has 2 rings (SSSR count). The minimum Gasteiger partial charge on any atom is -0.307 e. The van der Waals surface area contributed by atoms with Crippen molar-refractivity contribution < 1.29 is 4.79 Å². The Bertz CT molecular complexity index is 178. The Balaban J connectivity index is 2.07. The van der Waals surface area contributed by atoms with Gasteiger partial charge in [0.05, 0.1) is 6.04 Å². The highest BCUT2D eigenvalue weighted by atomic mass is 16.1. The van der Waals surface area contributed by atoms with Crippen LogP contribution in [0.4, 0.5) is 0 Å². The standard InChI is InChI=1S/C8H13NO/c1-4-6-3-9-8(5(2)10)7(4)6/h4,6-9H,3H2,1-2H3. The van der Waals surface area contributed by atoms with Gasteiger partial charge in [-0.3, -0.25) is 4.79 Å². The minimum absolute atomic E-state index is 0.194. The van der Waals surface area contributed by atoms with Gasteiger partial charge in [0, 0.05) is 0 Å². The monoisotopic (exact) mass is 139 g/mol. The molecule has 1 aliphatic carbocycles. The van der Waals surface area contributed by atoms with Gasteiger partial charge in [-0.2, -0.15) is 0 Å². The van der Waals surface area contributed by atoms with E-state index in [1.54, 1.807) is 6.92 Å². The fourth-order valence-corrected chi connectivity index (χ4v) is 2.27. The van der Waals surface area contributed by atoms with Crippen molar-refractivity contribution in [3.8, 4) is 0 Å². The first-order chi connectivity index (χ1) is 4.72. The van der Waals surface area contributed by atoms with Gasteiger partial charge >= 0.3 is 0 Å². The number of Topliss-reactive ketones (excluding diaryl/α,β-unsaturated/α-hetero) is 1. The lowest BCUT2D eigenvalue weighted by Crippen LogP contribution is -2.34. The summed E-state index contributed by atoms with van der Waals surface area (Å²) in [5, 5.41) is 3.24. The first kappa shape index (κ1) is 6.35. The highest BCUT2D eigenvalue weighted by Crippen LogP contribution is 2.51. The van der Waals surface area contributed by atoms with Crippen LogP contribution in [0.1, 0.15) is 13.8 Å². The zero-order valence-electron chi connectivity index (χ0n) is 6.42. The summed E-state index contributed by atoms with van der Waals surface area (Å²) < 4.78 is 0. The third-order valence-corrected chi connectivity index (χ3v) is 3.03. The van der Waals surface area contributed by atoms with E-state index in [4.69, 9.17) is 0 Å². The third kappa shape index (κ3) is 0.655. The van der Waals surface area contributed by atoms with Crippen LogP contribution < -0.4 is 5.32 Å². The van der Waals surface area contributed by atoms with Crippen LogP contribution in [0, 0.1) is 17.8 Å². The smallest absolute Gasteiger partial charge is 0.146 e. The lowest BCUT2D eigenvalue weighted by atomic mass is 10.1. The number of hydrogen-bond acceptors (Lipinski definition) is 2. The Morgan fingerprint density at radius 2 is 2.30 bits per heavy atom. The maximum absolute atomic E-state index is 11.0. The number of ketones is 1. The molecule has 2 nitrogen and oxygen atoms in total. The molecule has 1 heterocycles. The second-order valence-electron chi connectivity index (χ2n) is 3.60. The first-order valence-electron chi connectivity index (χ1n) is 3.95. The van der Waals surface area contributed by atoms with Gasteiger partial charge in [-0.25, -0.2) is 0 Å². The molecular weight excluding hydrogens is 126 g/mol.